The largest absolute Gasteiger partial charge is 0.471 e. The minimum absolute atomic E-state index is 0.0822. The Bertz CT molecular complexity index is 377. The van der Waals surface area contributed by atoms with Crippen molar-refractivity contribution in [2.75, 3.05) is 6.61 Å². The van der Waals surface area contributed by atoms with Crippen LogP contribution in [0.15, 0.2) is 25.3 Å². The molecule has 0 aliphatic heterocycles. The van der Waals surface area contributed by atoms with Gasteiger partial charge < -0.3 is 21.1 Å². The monoisotopic (exact) mass is 327 g/mol. The number of hydrogen-bond donors (Lipinski definition) is 3. The van der Waals surface area contributed by atoms with Crippen molar-refractivity contribution in [1.29, 1.82) is 0 Å². The lowest BCUT2D eigenvalue weighted by molar-refractivity contribution is -0.119. The summed E-state index contributed by atoms with van der Waals surface area (Å²) in [6, 6.07) is 0. The molecule has 0 unspecified atom stereocenters. The highest BCUT2D eigenvalue weighted by atomic mass is 32.1. The van der Waals surface area contributed by atoms with Crippen LogP contribution in [0.4, 0.5) is 0 Å². The summed E-state index contributed by atoms with van der Waals surface area (Å²) in [5, 5.41) is 5.42. The molecule has 0 aromatic heterocycles. The summed E-state index contributed by atoms with van der Waals surface area (Å²) in [5.74, 6) is -0.631. The number of nitrogens with one attached hydrogen (secondary N) is 2. The van der Waals surface area contributed by atoms with Gasteiger partial charge in [-0.15, -0.1) is 0 Å². The molecular formula is C15H25N3O3S. The first-order valence-electron chi connectivity index (χ1n) is 7.27. The molecule has 0 aromatic rings. The number of nitrogens with two attached hydrogens (primary N) is 1. The molecule has 124 valence electrons. The van der Waals surface area contributed by atoms with Crippen molar-refractivity contribution in [2.24, 2.45) is 5.73 Å². The highest BCUT2D eigenvalue weighted by Crippen LogP contribution is 2.07. The van der Waals surface area contributed by atoms with Crippen LogP contribution in [0, 0.1) is 0 Å². The van der Waals surface area contributed by atoms with E-state index in [2.05, 4.69) is 36.0 Å². The number of rotatable bonds is 12. The molecule has 0 bridgehead atoms. The van der Waals surface area contributed by atoms with E-state index in [1.165, 1.54) is 12.2 Å². The van der Waals surface area contributed by atoms with E-state index in [9.17, 15) is 9.59 Å². The lowest BCUT2D eigenvalue weighted by Gasteiger charge is -2.18. The van der Waals surface area contributed by atoms with Gasteiger partial charge in [-0.1, -0.05) is 32.4 Å². The molecule has 0 saturated carbocycles. The first-order chi connectivity index (χ1) is 10.5. The molecule has 6 nitrogen and oxygen atoms in total. The highest BCUT2D eigenvalue weighted by Gasteiger charge is 2.11. The van der Waals surface area contributed by atoms with Crippen LogP contribution in [0.3, 0.4) is 0 Å². The fraction of sp³-hybridized carbons (Fsp3) is 0.533. The van der Waals surface area contributed by atoms with Gasteiger partial charge in [-0.25, -0.2) is 0 Å². The molecule has 0 aromatic carbocycles. The van der Waals surface area contributed by atoms with Crippen LogP contribution in [0.25, 0.3) is 0 Å². The van der Waals surface area contributed by atoms with Crippen molar-refractivity contribution in [3.05, 3.63) is 25.3 Å². The highest BCUT2D eigenvalue weighted by molar-refractivity contribution is 7.80. The van der Waals surface area contributed by atoms with Crippen molar-refractivity contribution < 1.29 is 14.3 Å². The minimum Gasteiger partial charge on any atom is -0.471 e. The maximum Gasteiger partial charge on any atom is 0.253 e. The van der Waals surface area contributed by atoms with Crippen LogP contribution >= 0.6 is 12.2 Å². The number of carbonyl (C=O) groups excluding carboxylic acids is 2. The third-order valence-electron chi connectivity index (χ3n) is 2.89. The Morgan fingerprint density at radius 2 is 1.55 bits per heavy atom. The van der Waals surface area contributed by atoms with Gasteiger partial charge in [0.1, 0.15) is 6.17 Å². The lowest BCUT2D eigenvalue weighted by atomic mass is 10.1. The van der Waals surface area contributed by atoms with E-state index in [0.29, 0.717) is 13.0 Å². The molecule has 0 radical (unpaired) electrons. The Kier molecular flexibility index (Phi) is 11.7. The zero-order valence-corrected chi connectivity index (χ0v) is 13.6. The normalized spacial score (nSPS) is 9.86. The zero-order chi connectivity index (χ0) is 16.8. The molecule has 22 heavy (non-hydrogen) atoms. The number of thiocarbonyl (C=S) groups is 1. The van der Waals surface area contributed by atoms with Crippen molar-refractivity contribution in [3.8, 4) is 0 Å². The summed E-state index contributed by atoms with van der Waals surface area (Å²) in [4.78, 5) is 22.6. The number of amides is 2. The van der Waals surface area contributed by atoms with Gasteiger partial charge in [0.05, 0.1) is 6.61 Å². The van der Waals surface area contributed by atoms with Gasteiger partial charge in [0.2, 0.25) is 11.8 Å². The minimum atomic E-state index is -0.408. The Labute approximate surface area is 137 Å². The van der Waals surface area contributed by atoms with Gasteiger partial charge in [-0.05, 0) is 43.6 Å². The Morgan fingerprint density at radius 3 is 2.05 bits per heavy atom. The van der Waals surface area contributed by atoms with Crippen molar-refractivity contribution >= 4 is 29.2 Å². The maximum absolute atomic E-state index is 11.3. The van der Waals surface area contributed by atoms with E-state index in [1.54, 1.807) is 0 Å². The van der Waals surface area contributed by atoms with Crippen LogP contribution in [0.1, 0.15) is 38.5 Å². The first kappa shape index (κ1) is 20.1. The fourth-order valence-corrected chi connectivity index (χ4v) is 1.88. The van der Waals surface area contributed by atoms with Crippen LogP contribution in [0.2, 0.25) is 0 Å². The van der Waals surface area contributed by atoms with Crippen molar-refractivity contribution in [3.63, 3.8) is 0 Å². The summed E-state index contributed by atoms with van der Waals surface area (Å²) < 4.78 is 4.99. The Hall–Kier alpha value is -1.89. The van der Waals surface area contributed by atoms with Gasteiger partial charge in [-0.3, -0.25) is 9.59 Å². The average Bonchev–Trinajstić information content (AvgIpc) is 2.48. The number of hydrogen-bond acceptors (Lipinski definition) is 4. The molecule has 0 aliphatic rings. The second-order valence-electron chi connectivity index (χ2n) is 4.70. The number of carbonyl (C=O) groups is 2. The predicted octanol–water partition coefficient (Wildman–Crippen LogP) is 1.52. The molecule has 0 atom stereocenters. The maximum atomic E-state index is 11.3. The summed E-state index contributed by atoms with van der Waals surface area (Å²) >= 11 is 4.60. The lowest BCUT2D eigenvalue weighted by Crippen LogP contribution is -2.46. The van der Waals surface area contributed by atoms with E-state index in [0.717, 1.165) is 32.1 Å². The second-order valence-corrected chi connectivity index (χ2v) is 5.10. The molecule has 0 spiro atoms. The third-order valence-corrected chi connectivity index (χ3v) is 3.00. The second kappa shape index (κ2) is 12.8. The summed E-state index contributed by atoms with van der Waals surface area (Å²) in [6.07, 6.45) is 7.44. The molecule has 0 rings (SSSR count). The van der Waals surface area contributed by atoms with Gasteiger partial charge in [0, 0.05) is 0 Å². The van der Waals surface area contributed by atoms with Crippen molar-refractivity contribution in [2.45, 2.75) is 44.7 Å². The summed E-state index contributed by atoms with van der Waals surface area (Å²) in [7, 11) is 0. The Balaban J connectivity index is 3.85. The van der Waals surface area contributed by atoms with Crippen LogP contribution in [-0.2, 0) is 14.3 Å². The molecule has 0 saturated heterocycles. The summed E-state index contributed by atoms with van der Waals surface area (Å²) in [6.45, 7) is 7.32. The number of ether oxygens (including phenoxy) is 1. The van der Waals surface area contributed by atoms with Crippen molar-refractivity contribution in [1.82, 2.24) is 10.6 Å². The van der Waals surface area contributed by atoms with E-state index in [4.69, 9.17) is 10.5 Å². The molecule has 0 heterocycles. The van der Waals surface area contributed by atoms with Gasteiger partial charge in [0.15, 0.2) is 0 Å². The molecule has 2 amide bonds. The van der Waals surface area contributed by atoms with Gasteiger partial charge >= 0.3 is 0 Å². The molecule has 7 heteroatoms. The predicted molar refractivity (Wildman–Crippen MR) is 90.9 cm³/mol. The first-order valence-corrected chi connectivity index (χ1v) is 7.68. The molecule has 4 N–H and O–H groups in total. The molecule has 0 fully saturated rings. The van der Waals surface area contributed by atoms with E-state index < -0.39 is 6.17 Å². The average molecular weight is 327 g/mol. The van der Waals surface area contributed by atoms with E-state index in [-0.39, 0.29) is 17.0 Å². The van der Waals surface area contributed by atoms with E-state index >= 15 is 0 Å². The van der Waals surface area contributed by atoms with Crippen LogP contribution < -0.4 is 16.4 Å². The third kappa shape index (κ3) is 11.9. The molecular weight excluding hydrogens is 302 g/mol. The zero-order valence-electron chi connectivity index (χ0n) is 12.8. The van der Waals surface area contributed by atoms with Crippen LogP contribution in [0.5, 0.6) is 0 Å². The van der Waals surface area contributed by atoms with Gasteiger partial charge in [0.25, 0.3) is 5.17 Å². The SMILES string of the molecule is C=CC(=O)NC(CCCCCCCOC(N)=S)NC(=O)C=C. The topological polar surface area (TPSA) is 93.4 Å². The smallest absolute Gasteiger partial charge is 0.253 e. The fourth-order valence-electron chi connectivity index (χ4n) is 1.80. The standard InChI is InChI=1S/C15H25N3O3S/c1-3-13(19)17-12(18-14(20)4-2)10-8-6-5-7-9-11-21-15(16)22/h3-4,12H,1-2,5-11H2,(H2,16,22)(H,17,19)(H,18,20). The van der Waals surface area contributed by atoms with Crippen LogP contribution in [-0.4, -0.2) is 29.8 Å². The number of unbranched alkanes of at least 4 members (excludes halogenated alkanes) is 4. The van der Waals surface area contributed by atoms with E-state index in [1.807, 2.05) is 0 Å². The van der Waals surface area contributed by atoms with Gasteiger partial charge in [-0.2, -0.15) is 0 Å². The Morgan fingerprint density at radius 1 is 1.05 bits per heavy atom. The molecule has 0 aliphatic carbocycles. The summed E-state index contributed by atoms with van der Waals surface area (Å²) in [5.41, 5.74) is 5.22. The quantitative estimate of drug-likeness (QED) is 0.219.